The van der Waals surface area contributed by atoms with Crippen LogP contribution in [0.2, 0.25) is 5.02 Å². The minimum Gasteiger partial charge on any atom is -0.326 e. The minimum atomic E-state index is -3.01. The molecular weight excluding hydrogens is 550 g/mol. The number of hydrogen-bond acceptors (Lipinski definition) is 2. The number of halogens is 8. The van der Waals surface area contributed by atoms with Gasteiger partial charge in [-0.05, 0) is 42.0 Å². The summed E-state index contributed by atoms with van der Waals surface area (Å²) < 4.78 is 65.0. The predicted octanol–water partition coefficient (Wildman–Crippen LogP) is 7.47. The highest BCUT2D eigenvalue weighted by Crippen LogP contribution is 2.65. The Kier molecular flexibility index (Phi) is 7.19. The molecule has 0 aromatic heterocycles. The number of hydrogen-bond donors (Lipinski definition) is 2. The van der Waals surface area contributed by atoms with E-state index in [4.69, 9.17) is 34.8 Å². The molecule has 4 nitrogen and oxygen atoms in total. The van der Waals surface area contributed by atoms with Crippen molar-refractivity contribution in [2.75, 3.05) is 10.6 Å². The molecule has 36 heavy (non-hydrogen) atoms. The maximum atomic E-state index is 14.0. The van der Waals surface area contributed by atoms with Crippen LogP contribution in [0.25, 0.3) is 0 Å². The van der Waals surface area contributed by atoms with Crippen molar-refractivity contribution >= 4 is 58.0 Å². The van der Waals surface area contributed by atoms with Crippen LogP contribution in [-0.4, -0.2) is 16.1 Å². The van der Waals surface area contributed by atoms with Crippen LogP contribution in [0.15, 0.2) is 54.6 Å². The third-order valence-corrected chi connectivity index (χ3v) is 6.88. The molecule has 0 saturated heterocycles. The first-order valence-corrected chi connectivity index (χ1v) is 11.4. The highest BCUT2D eigenvalue weighted by Gasteiger charge is 2.67. The number of rotatable bonds is 6. The van der Waals surface area contributed by atoms with E-state index in [9.17, 15) is 31.5 Å². The van der Waals surface area contributed by atoms with Gasteiger partial charge in [-0.3, -0.25) is 9.59 Å². The fraction of sp³-hybridized carbons (Fsp3) is 0.167. The number of amides is 2. The molecular formula is C24H14Cl3F5N2O2. The van der Waals surface area contributed by atoms with Crippen molar-refractivity contribution in [3.8, 4) is 0 Å². The first-order chi connectivity index (χ1) is 16.9. The molecule has 0 heterocycles. The fourth-order valence-corrected chi connectivity index (χ4v) is 4.79. The van der Waals surface area contributed by atoms with Gasteiger partial charge in [0.2, 0.25) is 5.91 Å². The van der Waals surface area contributed by atoms with Crippen LogP contribution >= 0.6 is 34.8 Å². The Morgan fingerprint density at radius 1 is 0.889 bits per heavy atom. The van der Waals surface area contributed by atoms with Gasteiger partial charge in [0.1, 0.15) is 21.8 Å². The molecule has 2 N–H and O–H groups in total. The highest BCUT2D eigenvalue weighted by atomic mass is 35.5. The third kappa shape index (κ3) is 5.14. The number of carbonyl (C=O) groups is 2. The van der Waals surface area contributed by atoms with Crippen molar-refractivity contribution < 1.29 is 31.5 Å². The molecule has 2 amide bonds. The van der Waals surface area contributed by atoms with Crippen molar-refractivity contribution in [2.45, 2.75) is 16.7 Å². The van der Waals surface area contributed by atoms with Crippen LogP contribution in [0.3, 0.4) is 0 Å². The molecule has 0 aliphatic heterocycles. The number of alkyl halides is 4. The van der Waals surface area contributed by atoms with Gasteiger partial charge in [0.15, 0.2) is 0 Å². The number of nitrogens with one attached hydrogen (secondary N) is 2. The van der Waals surface area contributed by atoms with E-state index in [1.54, 1.807) is 0 Å². The first-order valence-electron chi connectivity index (χ1n) is 10.2. The van der Waals surface area contributed by atoms with Crippen LogP contribution in [0.1, 0.15) is 33.8 Å². The van der Waals surface area contributed by atoms with E-state index in [1.807, 2.05) is 0 Å². The maximum absolute atomic E-state index is 14.0. The first kappa shape index (κ1) is 26.2. The van der Waals surface area contributed by atoms with Crippen LogP contribution in [0.4, 0.5) is 33.3 Å². The normalized spacial score (nSPS) is 18.1. The molecule has 1 fully saturated rings. The van der Waals surface area contributed by atoms with E-state index in [1.165, 1.54) is 24.3 Å². The van der Waals surface area contributed by atoms with E-state index >= 15 is 0 Å². The van der Waals surface area contributed by atoms with Gasteiger partial charge < -0.3 is 10.6 Å². The lowest BCUT2D eigenvalue weighted by Gasteiger charge is -2.11. The molecule has 3 aromatic carbocycles. The largest absolute Gasteiger partial charge is 0.326 e. The molecule has 188 valence electrons. The molecule has 3 aromatic rings. The maximum Gasteiger partial charge on any atom is 0.266 e. The van der Waals surface area contributed by atoms with Crippen molar-refractivity contribution in [3.63, 3.8) is 0 Å². The molecule has 12 heteroatoms. The SMILES string of the molecule is O=C(Nc1ccc(F)cc1F)c1cc(NC(=O)[C@@H]2[C@@H](c3ccc(C(F)F)c(F)c3)C2(Cl)Cl)ccc1Cl. The average molecular weight is 564 g/mol. The minimum absolute atomic E-state index is 0.0176. The molecule has 1 saturated carbocycles. The van der Waals surface area contributed by atoms with E-state index in [0.717, 1.165) is 24.3 Å². The molecule has 0 unspecified atom stereocenters. The van der Waals surface area contributed by atoms with Gasteiger partial charge in [0.25, 0.3) is 12.3 Å². The number of carbonyl (C=O) groups excluding carboxylic acids is 2. The Labute approximate surface area is 216 Å². The van der Waals surface area contributed by atoms with Gasteiger partial charge in [-0.2, -0.15) is 0 Å². The van der Waals surface area contributed by atoms with Crippen molar-refractivity contribution in [3.05, 3.63) is 93.8 Å². The van der Waals surface area contributed by atoms with Gasteiger partial charge in [-0.25, -0.2) is 22.0 Å². The molecule has 0 spiro atoms. The van der Waals surface area contributed by atoms with Crippen LogP contribution in [0.5, 0.6) is 0 Å². The predicted molar refractivity (Wildman–Crippen MR) is 126 cm³/mol. The average Bonchev–Trinajstić information content (AvgIpc) is 3.38. The summed E-state index contributed by atoms with van der Waals surface area (Å²) >= 11 is 18.5. The lowest BCUT2D eigenvalue weighted by molar-refractivity contribution is -0.117. The summed E-state index contributed by atoms with van der Waals surface area (Å²) in [6, 6.07) is 9.48. The van der Waals surface area contributed by atoms with E-state index in [2.05, 4.69) is 10.6 Å². The summed E-state index contributed by atoms with van der Waals surface area (Å²) in [6.45, 7) is 0. The zero-order chi connectivity index (χ0) is 26.4. The summed E-state index contributed by atoms with van der Waals surface area (Å²) in [5, 5.41) is 4.77. The lowest BCUT2D eigenvalue weighted by atomic mass is 10.1. The zero-order valence-corrected chi connectivity index (χ0v) is 20.0. The summed E-state index contributed by atoms with van der Waals surface area (Å²) in [5.74, 6) is -6.41. The quantitative estimate of drug-likeness (QED) is 0.241. The Morgan fingerprint density at radius 3 is 2.25 bits per heavy atom. The molecule has 1 aliphatic carbocycles. The Hall–Kier alpha value is -2.88. The zero-order valence-electron chi connectivity index (χ0n) is 17.8. The molecule has 2 atom stereocenters. The third-order valence-electron chi connectivity index (χ3n) is 5.61. The van der Waals surface area contributed by atoms with Gasteiger partial charge in [-0.15, -0.1) is 23.2 Å². The van der Waals surface area contributed by atoms with Crippen LogP contribution in [-0.2, 0) is 4.79 Å². The van der Waals surface area contributed by atoms with Crippen molar-refractivity contribution in [1.82, 2.24) is 0 Å². The van der Waals surface area contributed by atoms with Crippen molar-refractivity contribution in [2.24, 2.45) is 5.92 Å². The van der Waals surface area contributed by atoms with Gasteiger partial charge in [0.05, 0.1) is 27.8 Å². The van der Waals surface area contributed by atoms with Crippen LogP contribution in [0, 0.1) is 23.4 Å². The monoisotopic (exact) mass is 562 g/mol. The summed E-state index contributed by atoms with van der Waals surface area (Å²) in [7, 11) is 0. The van der Waals surface area contributed by atoms with Gasteiger partial charge in [-0.1, -0.05) is 23.7 Å². The summed E-state index contributed by atoms with van der Waals surface area (Å²) in [6.07, 6.45) is -3.01. The van der Waals surface area contributed by atoms with Gasteiger partial charge in [0, 0.05) is 17.7 Å². The second-order valence-electron chi connectivity index (χ2n) is 7.97. The van der Waals surface area contributed by atoms with Crippen LogP contribution < -0.4 is 10.6 Å². The smallest absolute Gasteiger partial charge is 0.266 e. The Morgan fingerprint density at radius 2 is 1.61 bits per heavy atom. The summed E-state index contributed by atoms with van der Waals surface area (Å²) in [5.41, 5.74) is -0.921. The highest BCUT2D eigenvalue weighted by molar-refractivity contribution is 6.53. The Bertz CT molecular complexity index is 1370. The topological polar surface area (TPSA) is 58.2 Å². The Balaban J connectivity index is 1.50. The fourth-order valence-electron chi connectivity index (χ4n) is 3.76. The lowest BCUT2D eigenvalue weighted by Crippen LogP contribution is -2.18. The van der Waals surface area contributed by atoms with E-state index in [0.29, 0.717) is 6.07 Å². The number of benzene rings is 3. The van der Waals surface area contributed by atoms with E-state index in [-0.39, 0.29) is 27.5 Å². The second-order valence-corrected chi connectivity index (χ2v) is 9.83. The number of anilines is 2. The molecule has 0 bridgehead atoms. The van der Waals surface area contributed by atoms with Crippen molar-refractivity contribution in [1.29, 1.82) is 0 Å². The molecule has 1 aliphatic rings. The molecule has 0 radical (unpaired) electrons. The van der Waals surface area contributed by atoms with E-state index < -0.39 is 57.4 Å². The van der Waals surface area contributed by atoms with Gasteiger partial charge >= 0.3 is 0 Å². The summed E-state index contributed by atoms with van der Waals surface area (Å²) in [4.78, 5) is 25.5. The molecule has 4 rings (SSSR count). The standard InChI is InChI=1S/C24H14Cl3F5N2O2/c25-15-5-3-12(9-14(15)22(35)34-18-6-2-11(28)8-17(18)30)33-23(36)20-19(24(20,26)27)10-1-4-13(21(31)32)16(29)7-10/h1-9,19-21H,(H,33,36)(H,34,35)/t19-,20+/m1/s1. The second kappa shape index (κ2) is 9.88.